The van der Waals surface area contributed by atoms with Crippen molar-refractivity contribution in [2.24, 2.45) is 0 Å². The molecule has 1 amide bonds. The summed E-state index contributed by atoms with van der Waals surface area (Å²) in [5, 5.41) is 21.5. The van der Waals surface area contributed by atoms with E-state index in [4.69, 9.17) is 5.11 Å². The Morgan fingerprint density at radius 1 is 1.44 bits per heavy atom. The summed E-state index contributed by atoms with van der Waals surface area (Å²) < 4.78 is 0. The Bertz CT molecular complexity index is 592. The molecule has 0 aliphatic heterocycles. The zero-order valence-electron chi connectivity index (χ0n) is 9.21. The molecule has 0 aromatic carbocycles. The summed E-state index contributed by atoms with van der Waals surface area (Å²) in [6.45, 7) is 1.94. The van der Waals surface area contributed by atoms with Crippen molar-refractivity contribution in [3.8, 4) is 0 Å². The van der Waals surface area contributed by atoms with Gasteiger partial charge in [0, 0.05) is 5.38 Å². The third-order valence-corrected chi connectivity index (χ3v) is 3.73. The predicted octanol–water partition coefficient (Wildman–Crippen LogP) is 1.51. The van der Waals surface area contributed by atoms with Gasteiger partial charge in [-0.2, -0.15) is 0 Å². The summed E-state index contributed by atoms with van der Waals surface area (Å²) in [6.07, 6.45) is 0.744. The fourth-order valence-electron chi connectivity index (χ4n) is 1.07. The van der Waals surface area contributed by atoms with E-state index in [-0.39, 0.29) is 10.7 Å². The predicted molar refractivity (Wildman–Crippen MR) is 66.3 cm³/mol. The van der Waals surface area contributed by atoms with Crippen molar-refractivity contribution >= 4 is 39.7 Å². The zero-order chi connectivity index (χ0) is 13.1. The first kappa shape index (κ1) is 12.6. The molecule has 0 unspecified atom stereocenters. The molecule has 0 aliphatic rings. The van der Waals surface area contributed by atoms with Gasteiger partial charge in [0.25, 0.3) is 5.91 Å². The number of aryl methyl sites for hydroxylation is 1. The number of nitrogens with zero attached hydrogens (tertiary/aromatic N) is 3. The van der Waals surface area contributed by atoms with Gasteiger partial charge in [-0.05, 0) is 6.42 Å². The molecule has 9 heteroatoms. The third kappa shape index (κ3) is 2.68. The molecule has 0 atom stereocenters. The first-order valence-corrected chi connectivity index (χ1v) is 6.62. The number of nitrogens with one attached hydrogen (secondary N) is 1. The van der Waals surface area contributed by atoms with Gasteiger partial charge in [-0.15, -0.1) is 21.5 Å². The zero-order valence-corrected chi connectivity index (χ0v) is 10.8. The van der Waals surface area contributed by atoms with E-state index in [0.29, 0.717) is 5.13 Å². The molecule has 0 saturated carbocycles. The number of carboxylic acids is 1. The van der Waals surface area contributed by atoms with Crippen molar-refractivity contribution in [3.63, 3.8) is 0 Å². The minimum atomic E-state index is -1.16. The van der Waals surface area contributed by atoms with E-state index < -0.39 is 11.9 Å². The highest BCUT2D eigenvalue weighted by Crippen LogP contribution is 2.17. The highest BCUT2D eigenvalue weighted by molar-refractivity contribution is 7.15. The fourth-order valence-corrected chi connectivity index (χ4v) is 2.43. The summed E-state index contributed by atoms with van der Waals surface area (Å²) in [5.41, 5.74) is -0.142. The van der Waals surface area contributed by atoms with Gasteiger partial charge in [0.15, 0.2) is 10.7 Å². The van der Waals surface area contributed by atoms with Crippen LogP contribution in [0.15, 0.2) is 5.38 Å². The number of aromatic carboxylic acids is 1. The lowest BCUT2D eigenvalue weighted by Gasteiger charge is -1.95. The summed E-state index contributed by atoms with van der Waals surface area (Å²) in [4.78, 5) is 26.1. The number of hydrogen-bond donors (Lipinski definition) is 2. The van der Waals surface area contributed by atoms with Gasteiger partial charge in [-0.3, -0.25) is 10.1 Å². The molecule has 0 radical (unpaired) electrons. The maximum absolute atomic E-state index is 11.7. The van der Waals surface area contributed by atoms with Crippen LogP contribution in [0.3, 0.4) is 0 Å². The Balaban J connectivity index is 2.09. The van der Waals surface area contributed by atoms with E-state index in [2.05, 4.69) is 20.5 Å². The third-order valence-electron chi connectivity index (χ3n) is 1.91. The average Bonchev–Trinajstić information content (AvgIpc) is 2.97. The van der Waals surface area contributed by atoms with E-state index in [1.807, 2.05) is 6.92 Å². The first-order chi connectivity index (χ1) is 8.60. The van der Waals surface area contributed by atoms with Crippen LogP contribution in [0.4, 0.5) is 5.13 Å². The molecule has 2 N–H and O–H groups in total. The van der Waals surface area contributed by atoms with Crippen molar-refractivity contribution in [2.45, 2.75) is 13.3 Å². The minimum Gasteiger partial charge on any atom is -0.476 e. The lowest BCUT2D eigenvalue weighted by atomic mass is 10.5. The molecular weight excluding hydrogens is 276 g/mol. The largest absolute Gasteiger partial charge is 0.476 e. The van der Waals surface area contributed by atoms with Crippen LogP contribution in [0.2, 0.25) is 0 Å². The number of carboxylic acid groups (broad SMARTS) is 1. The van der Waals surface area contributed by atoms with Crippen molar-refractivity contribution in [1.82, 2.24) is 15.2 Å². The molecule has 2 aromatic heterocycles. The standard InChI is InChI=1S/C9H8N4O3S2/c1-2-5-12-13-9(18-5)11-6(14)7-10-4(3-17-7)8(15)16/h3H,2H2,1H3,(H,15,16)(H,11,13,14). The van der Waals surface area contributed by atoms with Crippen LogP contribution in [0, 0.1) is 0 Å². The molecular formula is C9H8N4O3S2. The van der Waals surface area contributed by atoms with Crippen LogP contribution >= 0.6 is 22.7 Å². The average molecular weight is 284 g/mol. The van der Waals surface area contributed by atoms with Crippen molar-refractivity contribution in [3.05, 3.63) is 21.1 Å². The second-order valence-corrected chi connectivity index (χ2v) is 5.07. The summed E-state index contributed by atoms with van der Waals surface area (Å²) in [5.74, 6) is -1.64. The topological polar surface area (TPSA) is 105 Å². The molecule has 7 nitrogen and oxygen atoms in total. The van der Waals surface area contributed by atoms with E-state index in [0.717, 1.165) is 22.8 Å². The first-order valence-electron chi connectivity index (χ1n) is 4.92. The lowest BCUT2D eigenvalue weighted by molar-refractivity contribution is 0.0691. The van der Waals surface area contributed by atoms with Crippen LogP contribution in [-0.2, 0) is 6.42 Å². The van der Waals surface area contributed by atoms with Gasteiger partial charge in [0.2, 0.25) is 5.13 Å². The molecule has 18 heavy (non-hydrogen) atoms. The van der Waals surface area contributed by atoms with E-state index >= 15 is 0 Å². The Labute approximate surface area is 110 Å². The highest BCUT2D eigenvalue weighted by Gasteiger charge is 2.16. The van der Waals surface area contributed by atoms with E-state index in [9.17, 15) is 9.59 Å². The number of anilines is 1. The van der Waals surface area contributed by atoms with Crippen molar-refractivity contribution in [2.75, 3.05) is 5.32 Å². The molecule has 0 fully saturated rings. The van der Waals surface area contributed by atoms with Crippen LogP contribution in [0.25, 0.3) is 0 Å². The Kier molecular flexibility index (Phi) is 3.63. The van der Waals surface area contributed by atoms with Gasteiger partial charge in [-0.1, -0.05) is 18.3 Å². The molecule has 2 heterocycles. The number of rotatable bonds is 4. The van der Waals surface area contributed by atoms with Crippen LogP contribution in [0.1, 0.15) is 32.2 Å². The van der Waals surface area contributed by atoms with Crippen molar-refractivity contribution in [1.29, 1.82) is 0 Å². The SMILES string of the molecule is CCc1nnc(NC(=O)c2nc(C(=O)O)cs2)s1. The van der Waals surface area contributed by atoms with Gasteiger partial charge < -0.3 is 5.11 Å². The second-order valence-electron chi connectivity index (χ2n) is 3.15. The summed E-state index contributed by atoms with van der Waals surface area (Å²) >= 11 is 2.25. The Hall–Kier alpha value is -1.87. The van der Waals surface area contributed by atoms with Gasteiger partial charge in [-0.25, -0.2) is 9.78 Å². The maximum atomic E-state index is 11.7. The Morgan fingerprint density at radius 3 is 2.78 bits per heavy atom. The van der Waals surface area contributed by atoms with Gasteiger partial charge in [0.1, 0.15) is 5.01 Å². The number of thiazole rings is 1. The lowest BCUT2D eigenvalue weighted by Crippen LogP contribution is -2.12. The molecule has 2 aromatic rings. The molecule has 0 bridgehead atoms. The summed E-state index contributed by atoms with van der Waals surface area (Å²) in [7, 11) is 0. The normalized spacial score (nSPS) is 10.3. The molecule has 94 valence electrons. The highest BCUT2D eigenvalue weighted by atomic mass is 32.1. The molecule has 0 spiro atoms. The number of aromatic nitrogens is 3. The van der Waals surface area contributed by atoms with E-state index in [1.54, 1.807) is 0 Å². The van der Waals surface area contributed by atoms with Crippen LogP contribution in [-0.4, -0.2) is 32.2 Å². The second kappa shape index (κ2) is 5.19. The minimum absolute atomic E-state index is 0.0839. The smallest absolute Gasteiger partial charge is 0.355 e. The van der Waals surface area contributed by atoms with Crippen LogP contribution in [0.5, 0.6) is 0 Å². The molecule has 2 rings (SSSR count). The maximum Gasteiger partial charge on any atom is 0.355 e. The fraction of sp³-hybridized carbons (Fsp3) is 0.222. The number of carbonyl (C=O) groups excluding carboxylic acids is 1. The van der Waals surface area contributed by atoms with E-state index in [1.165, 1.54) is 16.7 Å². The quantitative estimate of drug-likeness (QED) is 0.881. The summed E-state index contributed by atoms with van der Waals surface area (Å²) in [6, 6.07) is 0. The molecule has 0 saturated heterocycles. The number of carbonyl (C=O) groups is 2. The van der Waals surface area contributed by atoms with Crippen molar-refractivity contribution < 1.29 is 14.7 Å². The monoisotopic (exact) mass is 284 g/mol. The van der Waals surface area contributed by atoms with Crippen LogP contribution < -0.4 is 5.32 Å². The Morgan fingerprint density at radius 2 is 2.22 bits per heavy atom. The molecule has 0 aliphatic carbocycles. The number of amides is 1. The van der Waals surface area contributed by atoms with Gasteiger partial charge >= 0.3 is 5.97 Å². The van der Waals surface area contributed by atoms with Gasteiger partial charge in [0.05, 0.1) is 0 Å². The number of hydrogen-bond acceptors (Lipinski definition) is 7.